The highest BCUT2D eigenvalue weighted by atomic mass is 79.9. The van der Waals surface area contributed by atoms with Gasteiger partial charge < -0.3 is 5.11 Å². The van der Waals surface area contributed by atoms with Crippen LogP contribution in [0.5, 0.6) is 0 Å². The highest BCUT2D eigenvalue weighted by Gasteiger charge is 2.44. The molecule has 11 heavy (non-hydrogen) atoms. The topological polar surface area (TPSA) is 63.4 Å². The van der Waals surface area contributed by atoms with Crippen LogP contribution in [0, 0.1) is 10.1 Å². The van der Waals surface area contributed by atoms with Crippen molar-refractivity contribution in [3.63, 3.8) is 0 Å². The minimum absolute atomic E-state index is 0.572. The van der Waals surface area contributed by atoms with Crippen LogP contribution in [0.4, 0.5) is 0 Å². The summed E-state index contributed by atoms with van der Waals surface area (Å²) in [4.78, 5) is 9.83. The smallest absolute Gasteiger partial charge is 0.321 e. The Balaban J connectivity index is 2.94. The van der Waals surface area contributed by atoms with Crippen LogP contribution >= 0.6 is 15.9 Å². The fourth-order valence-corrected chi connectivity index (χ4v) is 1.07. The number of halogens is 1. The third-order valence-electron chi connectivity index (χ3n) is 1.43. The molecule has 0 bridgehead atoms. The number of rotatable bonds is 1. The maximum Gasteiger partial charge on any atom is 0.321 e. The summed E-state index contributed by atoms with van der Waals surface area (Å²) in [6, 6.07) is 0. The zero-order valence-corrected chi connectivity index (χ0v) is 7.06. The van der Waals surface area contributed by atoms with E-state index in [-0.39, 0.29) is 0 Å². The van der Waals surface area contributed by atoms with Crippen LogP contribution in [0.25, 0.3) is 0 Å². The average molecular weight is 220 g/mol. The van der Waals surface area contributed by atoms with Gasteiger partial charge in [0, 0.05) is 26.9 Å². The summed E-state index contributed by atoms with van der Waals surface area (Å²) in [6.07, 6.45) is 4.63. The second-order valence-corrected chi connectivity index (χ2v) is 3.44. The van der Waals surface area contributed by atoms with E-state index in [1.54, 1.807) is 6.08 Å². The normalized spacial score (nSPS) is 35.6. The maximum atomic E-state index is 10.4. The lowest BCUT2D eigenvalue weighted by Gasteiger charge is -2.20. The number of alkyl halides is 1. The molecule has 0 fully saturated rings. The van der Waals surface area contributed by atoms with Gasteiger partial charge in [-0.2, -0.15) is 0 Å². The SMILES string of the molecule is O=[N+]([O-])C1(Br)C=CC=CC1O. The van der Waals surface area contributed by atoms with E-state index >= 15 is 0 Å². The molecule has 0 aromatic carbocycles. The van der Waals surface area contributed by atoms with Gasteiger partial charge in [-0.15, -0.1) is 0 Å². The Morgan fingerprint density at radius 2 is 2.27 bits per heavy atom. The lowest BCUT2D eigenvalue weighted by Crippen LogP contribution is -2.41. The Hall–Kier alpha value is -0.680. The molecule has 60 valence electrons. The van der Waals surface area contributed by atoms with Crippen molar-refractivity contribution in [2.45, 2.75) is 10.6 Å². The van der Waals surface area contributed by atoms with Gasteiger partial charge in [0.2, 0.25) is 0 Å². The lowest BCUT2D eigenvalue weighted by molar-refractivity contribution is -0.531. The summed E-state index contributed by atoms with van der Waals surface area (Å²) in [7, 11) is 0. The molecular formula is C6H6BrNO3. The Labute approximate surface area is 71.5 Å². The second kappa shape index (κ2) is 2.75. The summed E-state index contributed by atoms with van der Waals surface area (Å²) in [5.74, 6) is 0. The summed E-state index contributed by atoms with van der Waals surface area (Å²) < 4.78 is -1.54. The molecule has 2 unspecified atom stereocenters. The number of allylic oxidation sites excluding steroid dienone is 2. The van der Waals surface area contributed by atoms with Crippen LogP contribution in [0.1, 0.15) is 0 Å². The van der Waals surface area contributed by atoms with Gasteiger partial charge in [-0.05, 0) is 6.08 Å². The summed E-state index contributed by atoms with van der Waals surface area (Å²) in [5.41, 5.74) is 0. The predicted octanol–water partition coefficient (Wildman–Crippen LogP) is 0.841. The minimum Gasteiger partial charge on any atom is -0.380 e. The molecule has 0 amide bonds. The van der Waals surface area contributed by atoms with Crippen LogP contribution in [0.2, 0.25) is 0 Å². The van der Waals surface area contributed by atoms with E-state index < -0.39 is 15.5 Å². The molecule has 0 heterocycles. The van der Waals surface area contributed by atoms with Gasteiger partial charge in [0.05, 0.1) is 0 Å². The number of nitro groups is 1. The van der Waals surface area contributed by atoms with Gasteiger partial charge in [0.25, 0.3) is 0 Å². The molecule has 0 aliphatic heterocycles. The van der Waals surface area contributed by atoms with E-state index in [0.717, 1.165) is 0 Å². The van der Waals surface area contributed by atoms with Crippen molar-refractivity contribution >= 4 is 15.9 Å². The van der Waals surface area contributed by atoms with Crippen LogP contribution in [-0.2, 0) is 0 Å². The van der Waals surface area contributed by atoms with Gasteiger partial charge in [-0.25, -0.2) is 0 Å². The van der Waals surface area contributed by atoms with E-state index in [9.17, 15) is 15.2 Å². The van der Waals surface area contributed by atoms with Gasteiger partial charge >= 0.3 is 4.45 Å². The number of hydrogen-bond donors (Lipinski definition) is 1. The molecule has 0 saturated heterocycles. The number of hydrogen-bond acceptors (Lipinski definition) is 3. The quantitative estimate of drug-likeness (QED) is 0.308. The van der Waals surface area contributed by atoms with Gasteiger partial charge in [-0.3, -0.25) is 10.1 Å². The zero-order chi connectivity index (χ0) is 8.48. The van der Waals surface area contributed by atoms with E-state index in [0.29, 0.717) is 0 Å². The fourth-order valence-electron chi connectivity index (χ4n) is 0.762. The molecule has 2 atom stereocenters. The second-order valence-electron chi connectivity index (χ2n) is 2.17. The highest BCUT2D eigenvalue weighted by Crippen LogP contribution is 2.28. The zero-order valence-electron chi connectivity index (χ0n) is 5.48. The van der Waals surface area contributed by atoms with Crippen LogP contribution < -0.4 is 0 Å². The number of nitrogens with zero attached hydrogens (tertiary/aromatic N) is 1. The standard InChI is InChI=1S/C6H6BrNO3/c7-6(8(10)11)4-2-1-3-5(6)9/h1-5,9H. The Morgan fingerprint density at radius 3 is 2.64 bits per heavy atom. The first-order valence-electron chi connectivity index (χ1n) is 2.95. The van der Waals surface area contributed by atoms with Crippen molar-refractivity contribution in [2.75, 3.05) is 0 Å². The number of aliphatic hydroxyl groups is 1. The van der Waals surface area contributed by atoms with E-state index in [2.05, 4.69) is 15.9 Å². The van der Waals surface area contributed by atoms with Crippen LogP contribution in [0.3, 0.4) is 0 Å². The first-order valence-corrected chi connectivity index (χ1v) is 3.74. The third-order valence-corrected chi connectivity index (χ3v) is 2.45. The minimum atomic E-state index is -1.54. The molecule has 1 N–H and O–H groups in total. The first-order chi connectivity index (χ1) is 5.07. The third kappa shape index (κ3) is 1.34. The highest BCUT2D eigenvalue weighted by molar-refractivity contribution is 9.10. The van der Waals surface area contributed by atoms with E-state index in [1.165, 1.54) is 18.2 Å². The lowest BCUT2D eigenvalue weighted by atomic mass is 10.1. The molecule has 0 radical (unpaired) electrons. The van der Waals surface area contributed by atoms with Crippen molar-refractivity contribution < 1.29 is 10.0 Å². The molecule has 0 saturated carbocycles. The van der Waals surface area contributed by atoms with Crippen molar-refractivity contribution in [1.82, 2.24) is 0 Å². The molecular weight excluding hydrogens is 214 g/mol. The molecule has 0 spiro atoms. The maximum absolute atomic E-state index is 10.4. The van der Waals surface area contributed by atoms with Gasteiger partial charge in [0.1, 0.15) is 0 Å². The fraction of sp³-hybridized carbons (Fsp3) is 0.333. The molecule has 0 aromatic heterocycles. The van der Waals surface area contributed by atoms with Crippen molar-refractivity contribution in [2.24, 2.45) is 0 Å². The molecule has 1 rings (SSSR count). The van der Waals surface area contributed by atoms with Crippen molar-refractivity contribution in [3.05, 3.63) is 34.4 Å². The molecule has 0 aromatic rings. The number of aliphatic hydroxyl groups excluding tert-OH is 1. The summed E-state index contributed by atoms with van der Waals surface area (Å²) in [6.45, 7) is 0. The van der Waals surface area contributed by atoms with E-state index in [4.69, 9.17) is 0 Å². The van der Waals surface area contributed by atoms with E-state index in [1.807, 2.05) is 0 Å². The Morgan fingerprint density at radius 1 is 1.64 bits per heavy atom. The van der Waals surface area contributed by atoms with Crippen LogP contribution in [0.15, 0.2) is 24.3 Å². The largest absolute Gasteiger partial charge is 0.380 e. The summed E-state index contributed by atoms with van der Waals surface area (Å²) >= 11 is 2.84. The molecule has 1 aliphatic carbocycles. The van der Waals surface area contributed by atoms with Crippen molar-refractivity contribution in [3.8, 4) is 0 Å². The Kier molecular flexibility index (Phi) is 2.10. The Bertz CT molecular complexity index is 238. The first kappa shape index (κ1) is 8.42. The molecule has 1 aliphatic rings. The monoisotopic (exact) mass is 219 g/mol. The average Bonchev–Trinajstić information content (AvgIpc) is 1.95. The van der Waals surface area contributed by atoms with Crippen LogP contribution in [-0.4, -0.2) is 20.6 Å². The summed E-state index contributed by atoms with van der Waals surface area (Å²) in [5, 5.41) is 19.6. The van der Waals surface area contributed by atoms with Gasteiger partial charge in [0.15, 0.2) is 6.10 Å². The van der Waals surface area contributed by atoms with Crippen molar-refractivity contribution in [1.29, 1.82) is 0 Å². The van der Waals surface area contributed by atoms with Gasteiger partial charge in [-0.1, -0.05) is 12.2 Å². The molecule has 5 heteroatoms. The predicted molar refractivity (Wildman–Crippen MR) is 42.9 cm³/mol. The molecule has 4 nitrogen and oxygen atoms in total.